The van der Waals surface area contributed by atoms with Gasteiger partial charge in [-0.15, -0.1) is 0 Å². The van der Waals surface area contributed by atoms with Crippen molar-refractivity contribution in [2.45, 2.75) is 29.7 Å². The molecule has 17 heteroatoms. The molecule has 1 amide bonds. The van der Waals surface area contributed by atoms with Crippen molar-refractivity contribution in [1.82, 2.24) is 4.72 Å². The Kier molecular flexibility index (Phi) is 7.50. The molecule has 0 aliphatic carbocycles. The second-order valence-electron chi connectivity index (χ2n) is 5.90. The number of carbonyl (C=O) groups excluding carboxylic acids is 1. The number of methoxy groups -OCH3 is 3. The van der Waals surface area contributed by atoms with Gasteiger partial charge >= 0.3 is 33.3 Å². The minimum absolute atomic E-state index is 0.00710. The Morgan fingerprint density at radius 1 is 0.844 bits per heavy atom. The van der Waals surface area contributed by atoms with Crippen molar-refractivity contribution in [3.63, 3.8) is 0 Å². The summed E-state index contributed by atoms with van der Waals surface area (Å²) in [6.07, 6.45) is -8.37. The molecule has 0 bridgehead atoms. The van der Waals surface area contributed by atoms with Crippen LogP contribution in [0.5, 0.6) is 17.2 Å². The quantitative estimate of drug-likeness (QED) is 0.517. The summed E-state index contributed by atoms with van der Waals surface area (Å²) in [6.45, 7) is 0. The van der Waals surface area contributed by atoms with Gasteiger partial charge in [0.1, 0.15) is 0 Å². The molecule has 184 valence electrons. The summed E-state index contributed by atoms with van der Waals surface area (Å²) in [5.41, 5.74) is -0.220. The second kappa shape index (κ2) is 8.74. The maximum Gasteiger partial charge on any atom is 0.460 e. The van der Waals surface area contributed by atoms with E-state index in [0.29, 0.717) is 4.72 Å². The second-order valence-corrected chi connectivity index (χ2v) is 7.63. The first-order chi connectivity index (χ1) is 14.3. The van der Waals surface area contributed by atoms with E-state index in [1.807, 2.05) is 0 Å². The van der Waals surface area contributed by atoms with E-state index in [0.717, 1.165) is 26.4 Å². The lowest BCUT2D eigenvalue weighted by Crippen LogP contribution is -2.65. The molecule has 0 atom stereocenters. The molecule has 7 nitrogen and oxygen atoms in total. The fourth-order valence-electron chi connectivity index (χ4n) is 2.20. The fourth-order valence-corrected chi connectivity index (χ4v) is 3.17. The van der Waals surface area contributed by atoms with Gasteiger partial charge in [0.15, 0.2) is 11.5 Å². The Morgan fingerprint density at radius 2 is 1.28 bits per heavy atom. The van der Waals surface area contributed by atoms with Crippen molar-refractivity contribution in [3.8, 4) is 17.2 Å². The lowest BCUT2D eigenvalue weighted by Gasteiger charge is -2.32. The van der Waals surface area contributed by atoms with Gasteiger partial charge in [0.2, 0.25) is 11.7 Å². The van der Waals surface area contributed by atoms with Gasteiger partial charge in [0.05, 0.1) is 27.8 Å². The van der Waals surface area contributed by atoms with E-state index in [9.17, 15) is 52.7 Å². The van der Waals surface area contributed by atoms with Crippen LogP contribution in [0.25, 0.3) is 0 Å². The van der Waals surface area contributed by atoms with E-state index in [-0.39, 0.29) is 22.8 Å². The highest BCUT2D eigenvalue weighted by Gasteiger charge is 2.85. The standard InChI is InChI=1S/C15H14F9NO6S/c1-29-8-4-7(5-9(30-2)11(8)31-3)6-10(26)25-32(27,28)15(23,24)13(18,19)12(16,17)14(20,21)22/h4-5H,6H2,1-3H3,(H,25,26). The number of halogens is 9. The number of carbonyl (C=O) groups is 1. The SMILES string of the molecule is COc1cc(CC(=O)NS(=O)(=O)C(F)(F)C(F)(F)C(F)(F)C(F)(F)F)cc(OC)c1OC. The van der Waals surface area contributed by atoms with Crippen LogP contribution in [0.15, 0.2) is 12.1 Å². The van der Waals surface area contributed by atoms with E-state index in [2.05, 4.69) is 0 Å². The Morgan fingerprint density at radius 3 is 1.62 bits per heavy atom. The van der Waals surface area contributed by atoms with E-state index < -0.39 is 45.6 Å². The molecule has 1 N–H and O–H groups in total. The van der Waals surface area contributed by atoms with Crippen molar-refractivity contribution in [2.75, 3.05) is 21.3 Å². The molecule has 0 unspecified atom stereocenters. The van der Waals surface area contributed by atoms with Crippen molar-refractivity contribution >= 4 is 15.9 Å². The summed E-state index contributed by atoms with van der Waals surface area (Å²) in [4.78, 5) is 11.8. The molecule has 0 aliphatic rings. The first kappa shape index (κ1) is 27.4. The number of amides is 1. The van der Waals surface area contributed by atoms with Crippen LogP contribution in [0.4, 0.5) is 39.5 Å². The van der Waals surface area contributed by atoms with Gasteiger partial charge in [-0.2, -0.15) is 47.9 Å². The van der Waals surface area contributed by atoms with Gasteiger partial charge in [0, 0.05) is 0 Å². The predicted molar refractivity (Wildman–Crippen MR) is 87.8 cm³/mol. The minimum atomic E-state index is -7.46. The van der Waals surface area contributed by atoms with Crippen LogP contribution in [0.2, 0.25) is 0 Å². The zero-order valence-electron chi connectivity index (χ0n) is 16.1. The first-order valence-corrected chi connectivity index (χ1v) is 9.33. The van der Waals surface area contributed by atoms with Crippen LogP contribution in [-0.4, -0.2) is 58.9 Å². The average molecular weight is 507 g/mol. The fraction of sp³-hybridized carbons (Fsp3) is 0.533. The lowest BCUT2D eigenvalue weighted by atomic mass is 10.1. The number of hydrogen-bond donors (Lipinski definition) is 1. The monoisotopic (exact) mass is 507 g/mol. The smallest absolute Gasteiger partial charge is 0.460 e. The molecule has 32 heavy (non-hydrogen) atoms. The summed E-state index contributed by atoms with van der Waals surface area (Å²) < 4.78 is 154. The highest BCUT2D eigenvalue weighted by atomic mass is 32.2. The van der Waals surface area contributed by atoms with Crippen LogP contribution >= 0.6 is 0 Å². The molecule has 0 radical (unpaired) electrons. The van der Waals surface area contributed by atoms with Gasteiger partial charge in [-0.05, 0) is 17.7 Å². The van der Waals surface area contributed by atoms with E-state index in [1.54, 1.807) is 0 Å². The molecule has 1 aromatic carbocycles. The topological polar surface area (TPSA) is 90.9 Å². The molecule has 0 fully saturated rings. The van der Waals surface area contributed by atoms with Crippen molar-refractivity contribution in [3.05, 3.63) is 17.7 Å². The van der Waals surface area contributed by atoms with E-state index in [1.165, 1.54) is 7.11 Å². The molecule has 0 aliphatic heterocycles. The van der Waals surface area contributed by atoms with Gasteiger partial charge in [-0.25, -0.2) is 4.72 Å². The Balaban J connectivity index is 3.25. The summed E-state index contributed by atoms with van der Waals surface area (Å²) in [5.74, 6) is -17.1. The molecule has 0 saturated carbocycles. The normalized spacial score (nSPS) is 13.5. The number of alkyl halides is 9. The molecule has 0 aromatic heterocycles. The number of rotatable bonds is 9. The number of sulfonamides is 1. The number of hydrogen-bond acceptors (Lipinski definition) is 6. The molecular formula is C15H14F9NO6S. The highest BCUT2D eigenvalue weighted by molar-refractivity contribution is 7.91. The summed E-state index contributed by atoms with van der Waals surface area (Å²) in [5, 5.41) is -7.04. The predicted octanol–water partition coefficient (Wildman–Crippen LogP) is 3.13. The van der Waals surface area contributed by atoms with Gasteiger partial charge in [-0.3, -0.25) is 4.79 Å². The van der Waals surface area contributed by atoms with Gasteiger partial charge in [-0.1, -0.05) is 0 Å². The highest BCUT2D eigenvalue weighted by Crippen LogP contribution is 2.54. The van der Waals surface area contributed by atoms with Crippen LogP contribution in [0.3, 0.4) is 0 Å². The zero-order valence-corrected chi connectivity index (χ0v) is 16.9. The van der Waals surface area contributed by atoms with E-state index in [4.69, 9.17) is 14.2 Å². The van der Waals surface area contributed by atoms with Crippen molar-refractivity contribution in [2.24, 2.45) is 0 Å². The third kappa shape index (κ3) is 4.61. The number of nitrogens with one attached hydrogen (secondary N) is 1. The van der Waals surface area contributed by atoms with Crippen LogP contribution in [0, 0.1) is 0 Å². The maximum absolute atomic E-state index is 13.7. The van der Waals surface area contributed by atoms with Gasteiger partial charge < -0.3 is 14.2 Å². The molecular weight excluding hydrogens is 493 g/mol. The van der Waals surface area contributed by atoms with Crippen molar-refractivity contribution < 1.29 is 66.9 Å². The third-order valence-corrected chi connectivity index (χ3v) is 5.22. The summed E-state index contributed by atoms with van der Waals surface area (Å²) >= 11 is 0. The first-order valence-electron chi connectivity index (χ1n) is 7.85. The Hall–Kier alpha value is -2.59. The minimum Gasteiger partial charge on any atom is -0.493 e. The Labute approximate surface area is 174 Å². The molecule has 0 saturated heterocycles. The van der Waals surface area contributed by atoms with Crippen molar-refractivity contribution in [1.29, 1.82) is 0 Å². The van der Waals surface area contributed by atoms with Crippen LogP contribution in [-0.2, 0) is 21.2 Å². The number of ether oxygens (including phenoxy) is 3. The molecule has 0 heterocycles. The zero-order chi connectivity index (χ0) is 25.3. The summed E-state index contributed by atoms with van der Waals surface area (Å²) in [6, 6.07) is 2.05. The maximum atomic E-state index is 13.7. The number of benzene rings is 1. The molecule has 1 rings (SSSR count). The van der Waals surface area contributed by atoms with Gasteiger partial charge in [0.25, 0.3) is 0 Å². The molecule has 1 aromatic rings. The largest absolute Gasteiger partial charge is 0.493 e. The summed E-state index contributed by atoms with van der Waals surface area (Å²) in [7, 11) is -3.61. The third-order valence-electron chi connectivity index (χ3n) is 3.79. The van der Waals surface area contributed by atoms with Crippen LogP contribution in [0.1, 0.15) is 5.56 Å². The lowest BCUT2D eigenvalue weighted by molar-refractivity contribution is -0.382. The van der Waals surface area contributed by atoms with E-state index >= 15 is 0 Å². The molecule has 0 spiro atoms. The Bertz CT molecular complexity index is 938. The average Bonchev–Trinajstić information content (AvgIpc) is 2.65. The van der Waals surface area contributed by atoms with Crippen LogP contribution < -0.4 is 18.9 Å².